The highest BCUT2D eigenvalue weighted by Crippen LogP contribution is 2.14. The molecule has 0 radical (unpaired) electrons. The van der Waals surface area contributed by atoms with E-state index in [2.05, 4.69) is 10.1 Å². The van der Waals surface area contributed by atoms with Crippen LogP contribution >= 0.6 is 11.6 Å². The number of alkyl carbamates (subject to hydrolysis) is 1. The molecule has 1 unspecified atom stereocenters. The Morgan fingerprint density at radius 3 is 2.87 bits per heavy atom. The van der Waals surface area contributed by atoms with Crippen molar-refractivity contribution in [2.75, 3.05) is 25.4 Å². The summed E-state index contributed by atoms with van der Waals surface area (Å²) in [6.07, 6.45) is 0.0238. The lowest BCUT2D eigenvalue weighted by molar-refractivity contribution is 0.167. The van der Waals surface area contributed by atoms with Gasteiger partial charge in [0.1, 0.15) is 5.21 Å². The quantitative estimate of drug-likeness (QED) is 0.718. The molecule has 1 rings (SSSR count). The first-order valence-corrected chi connectivity index (χ1v) is 6.52. The number of sulfonamides is 1. The molecule has 1 aliphatic heterocycles. The summed E-state index contributed by atoms with van der Waals surface area (Å²) in [6.45, 7) is 0.633. The van der Waals surface area contributed by atoms with Gasteiger partial charge in [0.15, 0.2) is 0 Å². The molecule has 1 saturated heterocycles. The summed E-state index contributed by atoms with van der Waals surface area (Å²) in [5.41, 5.74) is 0. The lowest BCUT2D eigenvalue weighted by Crippen LogP contribution is -2.38. The second kappa shape index (κ2) is 5.00. The first kappa shape index (κ1) is 12.5. The molecule has 0 saturated carbocycles. The van der Waals surface area contributed by atoms with Gasteiger partial charge in [0, 0.05) is 19.1 Å². The minimum Gasteiger partial charge on any atom is -0.453 e. The zero-order valence-corrected chi connectivity index (χ0v) is 9.84. The highest BCUT2D eigenvalue weighted by molar-refractivity contribution is 7.90. The molecule has 1 atom stereocenters. The highest BCUT2D eigenvalue weighted by Gasteiger charge is 2.31. The van der Waals surface area contributed by atoms with E-state index in [4.69, 9.17) is 11.6 Å². The van der Waals surface area contributed by atoms with Crippen LogP contribution in [0.5, 0.6) is 0 Å². The molecular formula is C7H13ClN2O4S. The van der Waals surface area contributed by atoms with Gasteiger partial charge in [0.05, 0.1) is 7.11 Å². The molecular weight excluding hydrogens is 244 g/mol. The topological polar surface area (TPSA) is 75.7 Å². The average Bonchev–Trinajstić information content (AvgIpc) is 2.66. The number of rotatable bonds is 3. The number of hydrogen-bond donors (Lipinski definition) is 1. The zero-order chi connectivity index (χ0) is 11.5. The van der Waals surface area contributed by atoms with Crippen molar-refractivity contribution < 1.29 is 17.9 Å². The van der Waals surface area contributed by atoms with E-state index in [-0.39, 0.29) is 12.6 Å². The maximum absolute atomic E-state index is 11.4. The van der Waals surface area contributed by atoms with E-state index in [0.717, 1.165) is 0 Å². The van der Waals surface area contributed by atoms with Crippen LogP contribution in [0.1, 0.15) is 6.42 Å². The maximum atomic E-state index is 11.4. The van der Waals surface area contributed by atoms with Crippen molar-refractivity contribution in [3.63, 3.8) is 0 Å². The summed E-state index contributed by atoms with van der Waals surface area (Å²) in [7, 11) is -2.11. The zero-order valence-electron chi connectivity index (χ0n) is 8.27. The van der Waals surface area contributed by atoms with E-state index in [1.807, 2.05) is 0 Å². The number of nitrogens with one attached hydrogen (secondary N) is 1. The van der Waals surface area contributed by atoms with E-state index in [1.165, 1.54) is 11.4 Å². The molecule has 0 spiro atoms. The monoisotopic (exact) mass is 256 g/mol. The number of ether oxygens (including phenoxy) is 1. The Balaban J connectivity index is 2.50. The number of carbonyl (C=O) groups excluding carboxylic acids is 1. The lowest BCUT2D eigenvalue weighted by Gasteiger charge is -2.14. The molecule has 0 aromatic rings. The fourth-order valence-corrected chi connectivity index (χ4v) is 2.74. The second-order valence-corrected chi connectivity index (χ2v) is 5.75. The molecule has 88 valence electrons. The second-order valence-electron chi connectivity index (χ2n) is 3.20. The molecule has 0 aliphatic carbocycles. The predicted octanol–water partition coefficient (Wildman–Crippen LogP) is -0.0572. The van der Waals surface area contributed by atoms with Gasteiger partial charge in [-0.05, 0) is 6.42 Å². The molecule has 0 aromatic carbocycles. The fraction of sp³-hybridized carbons (Fsp3) is 0.857. The van der Waals surface area contributed by atoms with Crippen molar-refractivity contribution in [1.82, 2.24) is 9.62 Å². The standard InChI is InChI=1S/C7H13ClN2O4S/c1-14-7(11)9-6-2-3-10(4-6)15(12,13)5-8/h6H,2-5H2,1H3,(H,9,11). The van der Waals surface area contributed by atoms with Crippen molar-refractivity contribution in [3.8, 4) is 0 Å². The molecule has 1 heterocycles. The number of carbonyl (C=O) groups is 1. The average molecular weight is 257 g/mol. The Hall–Kier alpha value is -0.530. The van der Waals surface area contributed by atoms with Crippen molar-refractivity contribution in [2.45, 2.75) is 12.5 Å². The minimum atomic E-state index is -3.37. The van der Waals surface area contributed by atoms with Crippen molar-refractivity contribution in [3.05, 3.63) is 0 Å². The third-order valence-corrected chi connectivity index (χ3v) is 4.41. The summed E-state index contributed by atoms with van der Waals surface area (Å²) >= 11 is 5.31. The van der Waals surface area contributed by atoms with Crippen LogP contribution in [0.3, 0.4) is 0 Å². The SMILES string of the molecule is COC(=O)NC1CCN(S(=O)(=O)CCl)C1. The van der Waals surface area contributed by atoms with E-state index < -0.39 is 21.3 Å². The van der Waals surface area contributed by atoms with Crippen LogP contribution in [0, 0.1) is 0 Å². The van der Waals surface area contributed by atoms with E-state index in [1.54, 1.807) is 0 Å². The van der Waals surface area contributed by atoms with Crippen molar-refractivity contribution in [1.29, 1.82) is 0 Å². The van der Waals surface area contributed by atoms with Gasteiger partial charge in [-0.2, -0.15) is 4.31 Å². The summed E-state index contributed by atoms with van der Waals surface area (Å²) in [4.78, 5) is 10.9. The van der Waals surface area contributed by atoms with Crippen LogP contribution in [-0.2, 0) is 14.8 Å². The van der Waals surface area contributed by atoms with Crippen LogP contribution < -0.4 is 5.32 Å². The summed E-state index contributed by atoms with van der Waals surface area (Å²) in [5.74, 6) is 0. The van der Waals surface area contributed by atoms with Crippen LogP contribution in [0.25, 0.3) is 0 Å². The minimum absolute atomic E-state index is 0.199. The van der Waals surface area contributed by atoms with E-state index in [9.17, 15) is 13.2 Å². The van der Waals surface area contributed by atoms with Gasteiger partial charge in [0.25, 0.3) is 0 Å². The van der Waals surface area contributed by atoms with Gasteiger partial charge < -0.3 is 10.1 Å². The number of hydrogen-bond acceptors (Lipinski definition) is 4. The molecule has 1 amide bonds. The smallest absolute Gasteiger partial charge is 0.407 e. The van der Waals surface area contributed by atoms with Gasteiger partial charge in [-0.1, -0.05) is 0 Å². The number of amides is 1. The first-order valence-electron chi connectivity index (χ1n) is 4.38. The van der Waals surface area contributed by atoms with Gasteiger partial charge in [-0.15, -0.1) is 11.6 Å². The van der Waals surface area contributed by atoms with Crippen molar-refractivity contribution >= 4 is 27.7 Å². The van der Waals surface area contributed by atoms with Crippen LogP contribution in [0.2, 0.25) is 0 Å². The van der Waals surface area contributed by atoms with Crippen LogP contribution in [0.15, 0.2) is 0 Å². The normalized spacial score (nSPS) is 22.7. The third-order valence-electron chi connectivity index (χ3n) is 2.19. The molecule has 8 heteroatoms. The summed E-state index contributed by atoms with van der Waals surface area (Å²) < 4.78 is 28.4. The Bertz CT molecular complexity index is 332. The molecule has 6 nitrogen and oxygen atoms in total. The molecule has 1 fully saturated rings. The lowest BCUT2D eigenvalue weighted by atomic mass is 10.3. The molecule has 0 bridgehead atoms. The third kappa shape index (κ3) is 3.22. The van der Waals surface area contributed by atoms with Gasteiger partial charge in [-0.25, -0.2) is 13.2 Å². The number of halogens is 1. The number of methoxy groups -OCH3 is 1. The predicted molar refractivity (Wildman–Crippen MR) is 55.2 cm³/mol. The molecule has 1 N–H and O–H groups in total. The molecule has 0 aromatic heterocycles. The Morgan fingerprint density at radius 1 is 1.67 bits per heavy atom. The number of nitrogens with zero attached hydrogens (tertiary/aromatic N) is 1. The Labute approximate surface area is 93.6 Å². The highest BCUT2D eigenvalue weighted by atomic mass is 35.5. The van der Waals surface area contributed by atoms with Gasteiger partial charge >= 0.3 is 6.09 Å². The first-order chi connectivity index (χ1) is 6.99. The number of alkyl halides is 1. The maximum Gasteiger partial charge on any atom is 0.407 e. The molecule has 15 heavy (non-hydrogen) atoms. The molecule has 1 aliphatic rings. The largest absolute Gasteiger partial charge is 0.453 e. The summed E-state index contributed by atoms with van der Waals surface area (Å²) in [5, 5.41) is 2.11. The summed E-state index contributed by atoms with van der Waals surface area (Å²) in [6, 6.07) is -0.199. The Morgan fingerprint density at radius 2 is 2.33 bits per heavy atom. The van der Waals surface area contributed by atoms with E-state index in [0.29, 0.717) is 13.0 Å². The van der Waals surface area contributed by atoms with Gasteiger partial charge in [-0.3, -0.25) is 0 Å². The van der Waals surface area contributed by atoms with Crippen molar-refractivity contribution in [2.24, 2.45) is 0 Å². The van der Waals surface area contributed by atoms with Crippen LogP contribution in [0.4, 0.5) is 4.79 Å². The van der Waals surface area contributed by atoms with Crippen LogP contribution in [-0.4, -0.2) is 50.3 Å². The van der Waals surface area contributed by atoms with E-state index >= 15 is 0 Å². The fourth-order valence-electron chi connectivity index (χ4n) is 1.39. The Kier molecular flexibility index (Phi) is 4.18. The van der Waals surface area contributed by atoms with Gasteiger partial charge in [0.2, 0.25) is 10.0 Å².